The zero-order chi connectivity index (χ0) is 22.6. The average molecular weight is 442 g/mol. The Labute approximate surface area is 176 Å². The lowest BCUT2D eigenvalue weighted by Gasteiger charge is -2.29. The number of hydrogen-bond acceptors (Lipinski definition) is 3. The summed E-state index contributed by atoms with van der Waals surface area (Å²) in [5.41, 5.74) is -1.09. The molecule has 2 aromatic carbocycles. The molecule has 0 aromatic heterocycles. The highest BCUT2D eigenvalue weighted by Crippen LogP contribution is 2.30. The third-order valence-electron chi connectivity index (χ3n) is 5.54. The van der Waals surface area contributed by atoms with Crippen molar-refractivity contribution in [1.29, 1.82) is 0 Å². The molecule has 3 rings (SSSR count). The summed E-state index contributed by atoms with van der Waals surface area (Å²) in [4.78, 5) is 12.2. The molecular weight excluding hydrogens is 419 g/mol. The van der Waals surface area contributed by atoms with Crippen LogP contribution < -0.4 is 10.6 Å². The van der Waals surface area contributed by atoms with Gasteiger partial charge in [-0.05, 0) is 55.9 Å². The van der Waals surface area contributed by atoms with Gasteiger partial charge in [0, 0.05) is 30.3 Å². The number of benzene rings is 2. The minimum atomic E-state index is -4.73. The maximum atomic E-state index is 13.5. The summed E-state index contributed by atoms with van der Waals surface area (Å²) >= 11 is 0. The molecule has 0 radical (unpaired) electrons. The third-order valence-corrected chi connectivity index (χ3v) is 5.54. The van der Waals surface area contributed by atoms with Crippen LogP contribution in [0.15, 0.2) is 36.4 Å². The maximum Gasteiger partial charge on any atom is 0.416 e. The number of phenolic OH excluding ortho intramolecular Hbond substituents is 1. The van der Waals surface area contributed by atoms with E-state index >= 15 is 0 Å². The van der Waals surface area contributed by atoms with E-state index in [0.717, 1.165) is 31.7 Å². The van der Waals surface area contributed by atoms with Gasteiger partial charge in [0.25, 0.3) is 5.91 Å². The fraction of sp³-hybridized carbons (Fsp3) is 0.409. The normalized spacial score (nSPS) is 19.3. The molecular formula is C22H23F5N2O2. The van der Waals surface area contributed by atoms with Gasteiger partial charge in [0.05, 0.1) is 5.56 Å². The Morgan fingerprint density at radius 1 is 1.06 bits per heavy atom. The van der Waals surface area contributed by atoms with Crippen LogP contribution in [0.1, 0.15) is 47.2 Å². The summed E-state index contributed by atoms with van der Waals surface area (Å²) in [5, 5.41) is 15.6. The average Bonchev–Trinajstić information content (AvgIpc) is 2.72. The lowest BCUT2D eigenvalue weighted by atomic mass is 9.86. The van der Waals surface area contributed by atoms with Gasteiger partial charge in [-0.3, -0.25) is 4.79 Å². The van der Waals surface area contributed by atoms with E-state index in [2.05, 4.69) is 10.6 Å². The topological polar surface area (TPSA) is 61.4 Å². The van der Waals surface area contributed by atoms with E-state index in [9.17, 15) is 31.9 Å². The first-order valence-electron chi connectivity index (χ1n) is 9.99. The number of carbonyl (C=O) groups excluding carboxylic acids is 1. The molecule has 1 amide bonds. The van der Waals surface area contributed by atoms with Gasteiger partial charge in [-0.25, -0.2) is 8.78 Å². The summed E-state index contributed by atoms with van der Waals surface area (Å²) in [6.45, 7) is 0.616. The number of nitrogens with one attached hydrogen (secondary N) is 2. The van der Waals surface area contributed by atoms with Crippen molar-refractivity contribution in [2.24, 2.45) is 5.92 Å². The molecule has 0 spiro atoms. The summed E-state index contributed by atoms with van der Waals surface area (Å²) in [6.07, 6.45) is -1.57. The summed E-state index contributed by atoms with van der Waals surface area (Å²) < 4.78 is 65.3. The number of phenols is 1. The van der Waals surface area contributed by atoms with Crippen molar-refractivity contribution in [2.45, 2.75) is 44.4 Å². The molecule has 1 aliphatic carbocycles. The van der Waals surface area contributed by atoms with Crippen LogP contribution >= 0.6 is 0 Å². The van der Waals surface area contributed by atoms with Crippen LogP contribution in [0.4, 0.5) is 22.0 Å². The second-order valence-corrected chi connectivity index (χ2v) is 7.78. The van der Waals surface area contributed by atoms with E-state index in [4.69, 9.17) is 0 Å². The van der Waals surface area contributed by atoms with Crippen LogP contribution in [0, 0.1) is 17.6 Å². The molecule has 0 atom stereocenters. The molecule has 9 heteroatoms. The van der Waals surface area contributed by atoms with Crippen molar-refractivity contribution in [3.8, 4) is 5.75 Å². The van der Waals surface area contributed by atoms with Gasteiger partial charge in [-0.2, -0.15) is 13.2 Å². The highest BCUT2D eigenvalue weighted by Gasteiger charge is 2.32. The first-order chi connectivity index (χ1) is 14.6. The number of halogens is 5. The number of carbonyl (C=O) groups is 1. The number of amides is 1. The second kappa shape index (κ2) is 9.64. The first kappa shape index (κ1) is 23.0. The Balaban J connectivity index is 1.46. The van der Waals surface area contributed by atoms with E-state index < -0.39 is 29.3 Å². The van der Waals surface area contributed by atoms with Gasteiger partial charge in [-0.15, -0.1) is 0 Å². The van der Waals surface area contributed by atoms with Gasteiger partial charge in [0.15, 0.2) is 11.6 Å². The second-order valence-electron chi connectivity index (χ2n) is 7.78. The fourth-order valence-corrected chi connectivity index (χ4v) is 3.75. The summed E-state index contributed by atoms with van der Waals surface area (Å²) in [7, 11) is 0. The van der Waals surface area contributed by atoms with Crippen LogP contribution in [0.5, 0.6) is 5.75 Å². The molecule has 31 heavy (non-hydrogen) atoms. The largest absolute Gasteiger partial charge is 0.505 e. The molecule has 0 unspecified atom stereocenters. The maximum absolute atomic E-state index is 13.5. The molecule has 4 nitrogen and oxygen atoms in total. The zero-order valence-corrected chi connectivity index (χ0v) is 16.6. The SMILES string of the molecule is O=C(NC[C@H]1CC[C@@H](NCc2cccc(F)c2O)CC1)c1cc(F)cc(C(F)(F)F)c1. The molecule has 0 bridgehead atoms. The molecule has 1 aliphatic rings. The van der Waals surface area contributed by atoms with Gasteiger partial charge >= 0.3 is 6.18 Å². The van der Waals surface area contributed by atoms with Crippen LogP contribution in [-0.2, 0) is 12.7 Å². The Morgan fingerprint density at radius 3 is 2.45 bits per heavy atom. The molecule has 2 aromatic rings. The number of hydrogen-bond donors (Lipinski definition) is 3. The zero-order valence-electron chi connectivity index (χ0n) is 16.6. The van der Waals surface area contributed by atoms with Crippen LogP contribution in [0.2, 0.25) is 0 Å². The molecule has 3 N–H and O–H groups in total. The lowest BCUT2D eigenvalue weighted by molar-refractivity contribution is -0.137. The van der Waals surface area contributed by atoms with Crippen LogP contribution in [0.3, 0.4) is 0 Å². The minimum absolute atomic E-state index is 0.153. The minimum Gasteiger partial charge on any atom is -0.505 e. The predicted molar refractivity (Wildman–Crippen MR) is 104 cm³/mol. The van der Waals surface area contributed by atoms with Gasteiger partial charge in [0.2, 0.25) is 0 Å². The molecule has 0 aliphatic heterocycles. The van der Waals surface area contributed by atoms with E-state index in [1.54, 1.807) is 6.07 Å². The Hall–Kier alpha value is -2.68. The predicted octanol–water partition coefficient (Wildman–Crippen LogP) is 4.77. The van der Waals surface area contributed by atoms with Crippen LogP contribution in [0.25, 0.3) is 0 Å². The highest BCUT2D eigenvalue weighted by atomic mass is 19.4. The Kier molecular flexibility index (Phi) is 7.15. The molecule has 0 saturated heterocycles. The van der Waals surface area contributed by atoms with E-state index in [1.165, 1.54) is 12.1 Å². The summed E-state index contributed by atoms with van der Waals surface area (Å²) in [6, 6.07) is 6.31. The van der Waals surface area contributed by atoms with Gasteiger partial charge in [0.1, 0.15) is 5.82 Å². The van der Waals surface area contributed by atoms with Crippen molar-refractivity contribution < 1.29 is 31.9 Å². The smallest absolute Gasteiger partial charge is 0.416 e. The Bertz CT molecular complexity index is 925. The first-order valence-corrected chi connectivity index (χ1v) is 9.99. The van der Waals surface area contributed by atoms with Crippen LogP contribution in [-0.4, -0.2) is 23.6 Å². The summed E-state index contributed by atoms with van der Waals surface area (Å²) in [5.74, 6) is -2.74. The molecule has 168 valence electrons. The van der Waals surface area contributed by atoms with E-state index in [0.29, 0.717) is 24.2 Å². The van der Waals surface area contributed by atoms with Crippen molar-refractivity contribution in [2.75, 3.05) is 6.54 Å². The molecule has 0 heterocycles. The number of rotatable bonds is 6. The van der Waals surface area contributed by atoms with Crippen molar-refractivity contribution in [3.63, 3.8) is 0 Å². The number of para-hydroxylation sites is 1. The highest BCUT2D eigenvalue weighted by molar-refractivity contribution is 5.94. The fourth-order valence-electron chi connectivity index (χ4n) is 3.75. The standard InChI is InChI=1S/C22H23F5N2O2/c23-17-9-15(8-16(10-17)22(25,26)27)21(31)29-11-13-4-6-18(7-5-13)28-12-14-2-1-3-19(24)20(14)30/h1-3,8-10,13,18,28,30H,4-7,11-12H2,(H,29,31)/t13-,18+. The number of aromatic hydroxyl groups is 1. The molecule has 1 saturated carbocycles. The van der Waals surface area contributed by atoms with Gasteiger partial charge < -0.3 is 15.7 Å². The lowest BCUT2D eigenvalue weighted by Crippen LogP contribution is -2.36. The van der Waals surface area contributed by atoms with E-state index in [-0.39, 0.29) is 29.8 Å². The van der Waals surface area contributed by atoms with Crippen molar-refractivity contribution in [1.82, 2.24) is 10.6 Å². The van der Waals surface area contributed by atoms with Crippen molar-refractivity contribution in [3.05, 3.63) is 64.7 Å². The van der Waals surface area contributed by atoms with Crippen molar-refractivity contribution >= 4 is 5.91 Å². The monoisotopic (exact) mass is 442 g/mol. The third kappa shape index (κ3) is 6.16. The Morgan fingerprint density at radius 2 is 1.77 bits per heavy atom. The van der Waals surface area contributed by atoms with Gasteiger partial charge in [-0.1, -0.05) is 12.1 Å². The number of alkyl halides is 3. The van der Waals surface area contributed by atoms with E-state index in [1.807, 2.05) is 0 Å². The molecule has 1 fully saturated rings. The quantitative estimate of drug-likeness (QED) is 0.565.